The minimum Gasteiger partial charge on any atom is -0.465 e. The van der Waals surface area contributed by atoms with Crippen LogP contribution in [0.4, 0.5) is 10.2 Å². The second-order valence-electron chi connectivity index (χ2n) is 3.66. The fraction of sp³-hybridized carbons (Fsp3) is 0.0769. The van der Waals surface area contributed by atoms with Crippen molar-refractivity contribution >= 4 is 11.8 Å². The number of nitrogen functional groups attached to an aromatic ring is 1. The molecule has 0 atom stereocenters. The van der Waals surface area contributed by atoms with Crippen LogP contribution in [-0.2, 0) is 4.74 Å². The molecule has 5 heteroatoms. The molecule has 0 spiro atoms. The molecule has 0 unspecified atom stereocenters. The summed E-state index contributed by atoms with van der Waals surface area (Å²) in [5, 5.41) is 0. The summed E-state index contributed by atoms with van der Waals surface area (Å²) in [5.41, 5.74) is 6.56. The molecule has 0 saturated heterocycles. The Labute approximate surface area is 103 Å². The number of anilines is 1. The molecule has 1 aromatic heterocycles. The van der Waals surface area contributed by atoms with E-state index in [1.807, 2.05) is 0 Å². The number of hydrogen-bond acceptors (Lipinski definition) is 4. The van der Waals surface area contributed by atoms with Gasteiger partial charge in [-0.15, -0.1) is 0 Å². The van der Waals surface area contributed by atoms with Gasteiger partial charge in [-0.2, -0.15) is 0 Å². The molecule has 0 saturated carbocycles. The van der Waals surface area contributed by atoms with Crippen LogP contribution >= 0.6 is 0 Å². The minimum absolute atomic E-state index is 0.111. The molecular weight excluding hydrogens is 235 g/mol. The van der Waals surface area contributed by atoms with Crippen LogP contribution in [0.2, 0.25) is 0 Å². The number of carbonyl (C=O) groups excluding carboxylic acids is 1. The van der Waals surface area contributed by atoms with Gasteiger partial charge in [-0.25, -0.2) is 14.2 Å². The number of pyridine rings is 1. The van der Waals surface area contributed by atoms with Gasteiger partial charge in [0.15, 0.2) is 0 Å². The highest BCUT2D eigenvalue weighted by atomic mass is 19.1. The maximum atomic E-state index is 13.7. The fourth-order valence-corrected chi connectivity index (χ4v) is 1.59. The number of ether oxygens (including phenoxy) is 1. The van der Waals surface area contributed by atoms with Crippen LogP contribution in [-0.4, -0.2) is 18.1 Å². The van der Waals surface area contributed by atoms with Gasteiger partial charge >= 0.3 is 5.97 Å². The van der Waals surface area contributed by atoms with Crippen LogP contribution in [0.1, 0.15) is 10.4 Å². The van der Waals surface area contributed by atoms with Crippen LogP contribution in [0, 0.1) is 5.82 Å². The number of carbonyl (C=O) groups is 1. The van der Waals surface area contributed by atoms with E-state index in [-0.39, 0.29) is 11.4 Å². The molecule has 92 valence electrons. The molecule has 0 aliphatic rings. The fourth-order valence-electron chi connectivity index (χ4n) is 1.59. The number of nitrogens with two attached hydrogens (primary N) is 1. The lowest BCUT2D eigenvalue weighted by Gasteiger charge is -2.05. The molecule has 2 rings (SSSR count). The van der Waals surface area contributed by atoms with Crippen LogP contribution in [0.5, 0.6) is 0 Å². The SMILES string of the molecule is COC(=O)c1cccc(-c2cnc(N)cc2F)c1. The van der Waals surface area contributed by atoms with E-state index in [9.17, 15) is 9.18 Å². The molecule has 1 heterocycles. The number of rotatable bonds is 2. The van der Waals surface area contributed by atoms with Crippen molar-refractivity contribution in [2.24, 2.45) is 0 Å². The average molecular weight is 246 g/mol. The topological polar surface area (TPSA) is 65.2 Å². The summed E-state index contributed by atoms with van der Waals surface area (Å²) in [5.74, 6) is -0.842. The summed E-state index contributed by atoms with van der Waals surface area (Å²) in [7, 11) is 1.29. The van der Waals surface area contributed by atoms with Gasteiger partial charge in [0.25, 0.3) is 0 Å². The van der Waals surface area contributed by atoms with Crippen LogP contribution in [0.3, 0.4) is 0 Å². The first-order valence-electron chi connectivity index (χ1n) is 5.21. The maximum Gasteiger partial charge on any atom is 0.337 e. The lowest BCUT2D eigenvalue weighted by Crippen LogP contribution is -2.01. The molecule has 1 aromatic carbocycles. The molecule has 0 radical (unpaired) electrons. The highest BCUT2D eigenvalue weighted by Crippen LogP contribution is 2.24. The molecule has 2 N–H and O–H groups in total. The normalized spacial score (nSPS) is 10.1. The Hall–Kier alpha value is -2.43. The summed E-state index contributed by atoms with van der Waals surface area (Å²) in [6, 6.07) is 7.61. The lowest BCUT2D eigenvalue weighted by atomic mass is 10.0. The predicted molar refractivity (Wildman–Crippen MR) is 65.4 cm³/mol. The quantitative estimate of drug-likeness (QED) is 0.825. The van der Waals surface area contributed by atoms with E-state index in [4.69, 9.17) is 5.73 Å². The number of benzene rings is 1. The monoisotopic (exact) mass is 246 g/mol. The Morgan fingerprint density at radius 1 is 1.39 bits per heavy atom. The van der Waals surface area contributed by atoms with Gasteiger partial charge in [0.2, 0.25) is 0 Å². The molecule has 4 nitrogen and oxygen atoms in total. The van der Waals surface area contributed by atoms with E-state index < -0.39 is 11.8 Å². The third-order valence-electron chi connectivity index (χ3n) is 2.47. The number of methoxy groups -OCH3 is 1. The zero-order chi connectivity index (χ0) is 13.1. The van der Waals surface area contributed by atoms with Gasteiger partial charge in [0, 0.05) is 17.8 Å². The van der Waals surface area contributed by atoms with Crippen molar-refractivity contribution in [1.82, 2.24) is 4.98 Å². The Kier molecular flexibility index (Phi) is 3.23. The van der Waals surface area contributed by atoms with E-state index >= 15 is 0 Å². The Balaban J connectivity index is 2.48. The smallest absolute Gasteiger partial charge is 0.337 e. The Bertz CT molecular complexity index is 599. The Morgan fingerprint density at radius 3 is 2.83 bits per heavy atom. The van der Waals surface area contributed by atoms with E-state index in [1.54, 1.807) is 24.3 Å². The second kappa shape index (κ2) is 4.83. The summed E-state index contributed by atoms with van der Waals surface area (Å²) in [6.07, 6.45) is 1.33. The van der Waals surface area contributed by atoms with Crippen molar-refractivity contribution in [1.29, 1.82) is 0 Å². The van der Waals surface area contributed by atoms with Crippen LogP contribution < -0.4 is 5.73 Å². The Morgan fingerprint density at radius 2 is 2.17 bits per heavy atom. The summed E-state index contributed by atoms with van der Waals surface area (Å²) >= 11 is 0. The molecule has 0 aliphatic carbocycles. The number of esters is 1. The molecule has 0 fully saturated rings. The molecule has 0 bridgehead atoms. The number of nitrogens with zero attached hydrogens (tertiary/aromatic N) is 1. The van der Waals surface area contributed by atoms with Crippen LogP contribution in [0.15, 0.2) is 36.5 Å². The van der Waals surface area contributed by atoms with Crippen molar-refractivity contribution in [2.45, 2.75) is 0 Å². The van der Waals surface area contributed by atoms with Gasteiger partial charge in [0.05, 0.1) is 12.7 Å². The van der Waals surface area contributed by atoms with Gasteiger partial charge in [-0.05, 0) is 17.7 Å². The number of halogens is 1. The highest BCUT2D eigenvalue weighted by molar-refractivity contribution is 5.90. The first-order chi connectivity index (χ1) is 8.61. The molecular formula is C13H11FN2O2. The van der Waals surface area contributed by atoms with Gasteiger partial charge < -0.3 is 10.5 Å². The average Bonchev–Trinajstić information content (AvgIpc) is 2.38. The summed E-state index contributed by atoms with van der Waals surface area (Å²) in [6.45, 7) is 0. The summed E-state index contributed by atoms with van der Waals surface area (Å²) < 4.78 is 18.3. The van der Waals surface area contributed by atoms with E-state index in [2.05, 4.69) is 9.72 Å². The summed E-state index contributed by atoms with van der Waals surface area (Å²) in [4.78, 5) is 15.2. The first-order valence-corrected chi connectivity index (χ1v) is 5.21. The van der Waals surface area contributed by atoms with Gasteiger partial charge in [-0.3, -0.25) is 0 Å². The molecule has 0 amide bonds. The highest BCUT2D eigenvalue weighted by Gasteiger charge is 2.10. The van der Waals surface area contributed by atoms with E-state index in [0.29, 0.717) is 11.1 Å². The first kappa shape index (κ1) is 12.0. The van der Waals surface area contributed by atoms with Crippen molar-refractivity contribution in [3.63, 3.8) is 0 Å². The van der Waals surface area contributed by atoms with E-state index in [1.165, 1.54) is 13.3 Å². The van der Waals surface area contributed by atoms with Crippen LogP contribution in [0.25, 0.3) is 11.1 Å². The van der Waals surface area contributed by atoms with Crippen molar-refractivity contribution in [3.05, 3.63) is 47.9 Å². The zero-order valence-corrected chi connectivity index (χ0v) is 9.68. The third-order valence-corrected chi connectivity index (χ3v) is 2.47. The van der Waals surface area contributed by atoms with Gasteiger partial charge in [0.1, 0.15) is 11.6 Å². The zero-order valence-electron chi connectivity index (χ0n) is 9.68. The predicted octanol–water partition coefficient (Wildman–Crippen LogP) is 2.26. The third kappa shape index (κ3) is 2.29. The molecule has 18 heavy (non-hydrogen) atoms. The molecule has 0 aliphatic heterocycles. The van der Waals surface area contributed by atoms with E-state index in [0.717, 1.165) is 6.07 Å². The van der Waals surface area contributed by atoms with Gasteiger partial charge in [-0.1, -0.05) is 12.1 Å². The number of aromatic nitrogens is 1. The maximum absolute atomic E-state index is 13.7. The second-order valence-corrected chi connectivity index (χ2v) is 3.66. The van der Waals surface area contributed by atoms with Crippen molar-refractivity contribution in [3.8, 4) is 11.1 Å². The lowest BCUT2D eigenvalue weighted by molar-refractivity contribution is 0.0601. The minimum atomic E-state index is -0.482. The largest absolute Gasteiger partial charge is 0.465 e. The van der Waals surface area contributed by atoms with Crippen molar-refractivity contribution in [2.75, 3.05) is 12.8 Å². The number of hydrogen-bond donors (Lipinski definition) is 1. The molecule has 2 aromatic rings. The van der Waals surface area contributed by atoms with Crippen molar-refractivity contribution < 1.29 is 13.9 Å². The standard InChI is InChI=1S/C13H11FN2O2/c1-18-13(17)9-4-2-3-8(5-9)10-7-16-12(15)6-11(10)14/h2-7H,1H3,(H2,15,16).